The first-order chi connectivity index (χ1) is 8.72. The van der Waals surface area contributed by atoms with Gasteiger partial charge in [0.25, 0.3) is 5.97 Å². The SMILES string of the molecule is Cl.Cl.[B]OC(=O)C(CCCC)CCN1CCC[C@H]1OC. The number of halogens is 2. The number of carbonyl (C=O) groups excluding carboxylic acids is 1. The van der Waals surface area contributed by atoms with E-state index in [1.807, 2.05) is 0 Å². The summed E-state index contributed by atoms with van der Waals surface area (Å²) in [4.78, 5) is 13.9. The molecule has 0 saturated carbocycles. The first-order valence-corrected chi connectivity index (χ1v) is 6.90. The third kappa shape index (κ3) is 7.16. The van der Waals surface area contributed by atoms with Gasteiger partial charge in [-0.05, 0) is 25.7 Å². The quantitative estimate of drug-likeness (QED) is 0.643. The molecule has 1 heterocycles. The minimum Gasteiger partial charge on any atom is -0.543 e. The van der Waals surface area contributed by atoms with Gasteiger partial charge in [0.15, 0.2) is 0 Å². The molecule has 0 spiro atoms. The Morgan fingerprint density at radius 3 is 2.65 bits per heavy atom. The van der Waals surface area contributed by atoms with Crippen molar-refractivity contribution in [1.29, 1.82) is 0 Å². The van der Waals surface area contributed by atoms with E-state index in [1.54, 1.807) is 7.11 Å². The van der Waals surface area contributed by atoms with Gasteiger partial charge in [0.2, 0.25) is 0 Å². The molecule has 1 rings (SSSR count). The topological polar surface area (TPSA) is 38.8 Å². The minimum absolute atomic E-state index is 0. The molecule has 4 nitrogen and oxygen atoms in total. The molecule has 2 radical (unpaired) electrons. The number of hydrogen-bond donors (Lipinski definition) is 0. The van der Waals surface area contributed by atoms with Crippen LogP contribution < -0.4 is 0 Å². The second-order valence-electron chi connectivity index (χ2n) is 4.93. The Kier molecular flexibility index (Phi) is 14.2. The summed E-state index contributed by atoms with van der Waals surface area (Å²) in [6.45, 7) is 4.05. The Labute approximate surface area is 136 Å². The van der Waals surface area contributed by atoms with Crippen LogP contribution in [0.3, 0.4) is 0 Å². The average molecular weight is 326 g/mol. The van der Waals surface area contributed by atoms with Gasteiger partial charge in [0, 0.05) is 20.2 Å². The van der Waals surface area contributed by atoms with Crippen LogP contribution >= 0.6 is 24.8 Å². The van der Waals surface area contributed by atoms with Crippen LogP contribution in [0.1, 0.15) is 45.4 Å². The number of ether oxygens (including phenoxy) is 1. The Bertz CT molecular complexity index is 260. The molecule has 0 amide bonds. The van der Waals surface area contributed by atoms with E-state index in [2.05, 4.69) is 16.5 Å². The molecule has 20 heavy (non-hydrogen) atoms. The van der Waals surface area contributed by atoms with Crippen LogP contribution in [0.5, 0.6) is 0 Å². The van der Waals surface area contributed by atoms with Crippen molar-refractivity contribution in [2.75, 3.05) is 20.2 Å². The molecule has 0 aromatic carbocycles. The monoisotopic (exact) mass is 325 g/mol. The lowest BCUT2D eigenvalue weighted by Gasteiger charge is -2.25. The van der Waals surface area contributed by atoms with Crippen molar-refractivity contribution >= 4 is 38.8 Å². The van der Waals surface area contributed by atoms with Crippen LogP contribution in [0.2, 0.25) is 0 Å². The van der Waals surface area contributed by atoms with Crippen LogP contribution in [-0.2, 0) is 14.2 Å². The second kappa shape index (κ2) is 12.8. The first-order valence-electron chi connectivity index (χ1n) is 6.90. The predicted octanol–water partition coefficient (Wildman–Crippen LogP) is 2.72. The molecule has 2 atom stereocenters. The fourth-order valence-corrected chi connectivity index (χ4v) is 2.57. The van der Waals surface area contributed by atoms with Gasteiger partial charge in [-0.2, -0.15) is 0 Å². The van der Waals surface area contributed by atoms with Crippen LogP contribution in [-0.4, -0.2) is 45.3 Å². The van der Waals surface area contributed by atoms with Gasteiger partial charge in [0.05, 0.1) is 5.92 Å². The molecule has 0 aromatic rings. The van der Waals surface area contributed by atoms with Crippen LogP contribution in [0.15, 0.2) is 0 Å². The lowest BCUT2D eigenvalue weighted by molar-refractivity contribution is -0.139. The van der Waals surface area contributed by atoms with Crippen molar-refractivity contribution in [3.8, 4) is 0 Å². The first kappa shape index (κ1) is 22.3. The largest absolute Gasteiger partial charge is 0.543 e. The van der Waals surface area contributed by atoms with Gasteiger partial charge in [-0.3, -0.25) is 9.69 Å². The Balaban J connectivity index is 0. The molecule has 1 fully saturated rings. The van der Waals surface area contributed by atoms with Crippen molar-refractivity contribution in [1.82, 2.24) is 4.90 Å². The minimum atomic E-state index is -0.281. The van der Waals surface area contributed by atoms with Crippen molar-refractivity contribution in [3.05, 3.63) is 0 Å². The molecule has 7 heteroatoms. The van der Waals surface area contributed by atoms with E-state index in [0.717, 1.165) is 45.2 Å². The Morgan fingerprint density at radius 1 is 1.40 bits per heavy atom. The Morgan fingerprint density at radius 2 is 2.10 bits per heavy atom. The lowest BCUT2D eigenvalue weighted by Crippen LogP contribution is -2.33. The van der Waals surface area contributed by atoms with Gasteiger partial charge >= 0.3 is 8.05 Å². The molecular weight excluding hydrogens is 300 g/mol. The summed E-state index contributed by atoms with van der Waals surface area (Å²) in [6, 6.07) is 0. The van der Waals surface area contributed by atoms with Crippen molar-refractivity contribution in [2.45, 2.75) is 51.7 Å². The van der Waals surface area contributed by atoms with E-state index in [0.29, 0.717) is 0 Å². The maximum atomic E-state index is 11.6. The fourth-order valence-electron chi connectivity index (χ4n) is 2.57. The standard InChI is InChI=1S/C13H24BNO3.2ClH/c1-3-4-6-11(13(16)18-14)8-10-15-9-5-7-12(15)17-2;;/h11-12H,3-10H2,1-2H3;2*1H/t11?,12-;;/m1../s1. The summed E-state index contributed by atoms with van der Waals surface area (Å²) >= 11 is 0. The Hall–Kier alpha value is 0.0349. The highest BCUT2D eigenvalue weighted by Gasteiger charge is 2.26. The number of nitrogens with zero attached hydrogens (tertiary/aromatic N) is 1. The number of methoxy groups -OCH3 is 1. The van der Waals surface area contributed by atoms with Crippen molar-refractivity contribution in [2.24, 2.45) is 5.92 Å². The summed E-state index contributed by atoms with van der Waals surface area (Å²) in [7, 11) is 6.74. The van der Waals surface area contributed by atoms with Crippen LogP contribution in [0, 0.1) is 5.92 Å². The van der Waals surface area contributed by atoms with E-state index in [1.165, 1.54) is 6.42 Å². The van der Waals surface area contributed by atoms with E-state index >= 15 is 0 Å². The van der Waals surface area contributed by atoms with Crippen molar-refractivity contribution in [3.63, 3.8) is 0 Å². The van der Waals surface area contributed by atoms with Gasteiger partial charge in [-0.15, -0.1) is 24.8 Å². The van der Waals surface area contributed by atoms with Gasteiger partial charge in [-0.25, -0.2) is 0 Å². The van der Waals surface area contributed by atoms with Gasteiger partial charge in [-0.1, -0.05) is 19.8 Å². The zero-order chi connectivity index (χ0) is 13.4. The predicted molar refractivity (Wildman–Crippen MR) is 85.6 cm³/mol. The molecule has 118 valence electrons. The molecule has 1 aliphatic rings. The maximum absolute atomic E-state index is 11.6. The summed E-state index contributed by atoms with van der Waals surface area (Å²) < 4.78 is 9.80. The lowest BCUT2D eigenvalue weighted by atomic mass is 9.98. The number of carbonyl (C=O) groups is 1. The maximum Gasteiger partial charge on any atom is 0.378 e. The van der Waals surface area contributed by atoms with E-state index < -0.39 is 0 Å². The zero-order valence-corrected chi connectivity index (χ0v) is 14.0. The normalized spacial score (nSPS) is 19.8. The molecule has 0 N–H and O–H groups in total. The summed E-state index contributed by atoms with van der Waals surface area (Å²) in [6.07, 6.45) is 6.24. The highest BCUT2D eigenvalue weighted by Crippen LogP contribution is 2.21. The molecule has 0 aliphatic carbocycles. The summed E-state index contributed by atoms with van der Waals surface area (Å²) in [5, 5.41) is 0. The van der Waals surface area contributed by atoms with Crippen molar-refractivity contribution < 1.29 is 14.2 Å². The number of rotatable bonds is 8. The zero-order valence-electron chi connectivity index (χ0n) is 12.4. The smallest absolute Gasteiger partial charge is 0.378 e. The highest BCUT2D eigenvalue weighted by atomic mass is 35.5. The third-order valence-corrected chi connectivity index (χ3v) is 3.70. The van der Waals surface area contributed by atoms with Gasteiger partial charge in [0.1, 0.15) is 6.23 Å². The van der Waals surface area contributed by atoms with E-state index in [-0.39, 0.29) is 42.9 Å². The molecule has 0 bridgehead atoms. The van der Waals surface area contributed by atoms with E-state index in [4.69, 9.17) is 12.8 Å². The second-order valence-corrected chi connectivity index (χ2v) is 4.93. The number of unbranched alkanes of at least 4 members (excludes halogenated alkanes) is 1. The van der Waals surface area contributed by atoms with Crippen LogP contribution in [0.4, 0.5) is 0 Å². The average Bonchev–Trinajstić information content (AvgIpc) is 2.85. The molecule has 0 aromatic heterocycles. The van der Waals surface area contributed by atoms with Crippen LogP contribution in [0.25, 0.3) is 0 Å². The molecule has 1 aliphatic heterocycles. The summed E-state index contributed by atoms with van der Waals surface area (Å²) in [5.41, 5.74) is 0. The summed E-state index contributed by atoms with van der Waals surface area (Å²) in [5.74, 6) is -0.357. The van der Waals surface area contributed by atoms with E-state index in [9.17, 15) is 4.79 Å². The molecule has 1 unspecified atom stereocenters. The fraction of sp³-hybridized carbons (Fsp3) is 0.923. The molecule has 1 saturated heterocycles. The van der Waals surface area contributed by atoms with Gasteiger partial charge < -0.3 is 9.39 Å². The highest BCUT2D eigenvalue weighted by molar-refractivity contribution is 6.05. The molecular formula is C13H26BCl2NO3. The third-order valence-electron chi connectivity index (χ3n) is 3.70. The number of hydrogen-bond acceptors (Lipinski definition) is 4. The number of likely N-dealkylation sites (tertiary alicyclic amines) is 1.